The molecule has 0 unspecified atom stereocenters. The van der Waals surface area contributed by atoms with Gasteiger partial charge in [0.2, 0.25) is 0 Å². The molecule has 4 rings (SSSR count). The van der Waals surface area contributed by atoms with Crippen LogP contribution in [0.1, 0.15) is 22.8 Å². The van der Waals surface area contributed by atoms with Crippen molar-refractivity contribution in [1.82, 2.24) is 24.5 Å². The van der Waals surface area contributed by atoms with Gasteiger partial charge in [-0.1, -0.05) is 11.6 Å². The highest BCUT2D eigenvalue weighted by atomic mass is 35.5. The lowest BCUT2D eigenvalue weighted by Crippen LogP contribution is -2.23. The molecule has 4 aromatic rings. The van der Waals surface area contributed by atoms with Gasteiger partial charge < -0.3 is 4.74 Å². The second kappa shape index (κ2) is 9.03. The van der Waals surface area contributed by atoms with Crippen molar-refractivity contribution in [3.63, 3.8) is 0 Å². The Hall–Kier alpha value is -3.72. The smallest absolute Gasteiger partial charge is 0.277 e. The minimum absolute atomic E-state index is 0.0688. The molecule has 0 aromatic carbocycles. The zero-order valence-corrected chi connectivity index (χ0v) is 18.7. The number of hydrogen-bond donors (Lipinski definition) is 0. The molecule has 0 radical (unpaired) electrons. The van der Waals surface area contributed by atoms with Crippen LogP contribution in [0.25, 0.3) is 17.1 Å². The van der Waals surface area contributed by atoms with E-state index in [9.17, 15) is 13.6 Å². The minimum Gasteiger partial charge on any atom is -0.485 e. The van der Waals surface area contributed by atoms with Crippen LogP contribution in [0.5, 0.6) is 5.75 Å². The number of aromatic nitrogens is 5. The molecule has 4 heterocycles. The minimum atomic E-state index is -0.851. The Morgan fingerprint density at radius 1 is 1.03 bits per heavy atom. The van der Waals surface area contributed by atoms with Gasteiger partial charge in [0.25, 0.3) is 5.56 Å². The van der Waals surface area contributed by atoms with Gasteiger partial charge in [0.05, 0.1) is 23.3 Å². The molecule has 168 valence electrons. The van der Waals surface area contributed by atoms with Crippen molar-refractivity contribution < 1.29 is 13.5 Å². The molecular formula is C23H18ClF2N5O2. The predicted octanol–water partition coefficient (Wildman–Crippen LogP) is 4.52. The van der Waals surface area contributed by atoms with Gasteiger partial charge in [-0.25, -0.2) is 18.7 Å². The number of hydrogen-bond acceptors (Lipinski definition) is 6. The van der Waals surface area contributed by atoms with Crippen molar-refractivity contribution in [1.29, 1.82) is 0 Å². The average molecular weight is 470 g/mol. The second-order valence-corrected chi connectivity index (χ2v) is 7.70. The molecule has 0 saturated heterocycles. The highest BCUT2D eigenvalue weighted by molar-refractivity contribution is 6.31. The Kier molecular flexibility index (Phi) is 6.15. The molecular weight excluding hydrogens is 452 g/mol. The van der Waals surface area contributed by atoms with Crippen molar-refractivity contribution in [2.24, 2.45) is 0 Å². The van der Waals surface area contributed by atoms with E-state index in [1.807, 2.05) is 6.92 Å². The topological polar surface area (TPSA) is 82.8 Å². The Labute approximate surface area is 192 Å². The van der Waals surface area contributed by atoms with E-state index in [1.165, 1.54) is 4.57 Å². The van der Waals surface area contributed by atoms with Gasteiger partial charge >= 0.3 is 0 Å². The molecule has 0 aliphatic rings. The third kappa shape index (κ3) is 4.58. The lowest BCUT2D eigenvalue weighted by atomic mass is 10.1. The third-order valence-electron chi connectivity index (χ3n) is 4.90. The molecule has 33 heavy (non-hydrogen) atoms. The van der Waals surface area contributed by atoms with Crippen LogP contribution in [-0.2, 0) is 6.61 Å². The van der Waals surface area contributed by atoms with Crippen molar-refractivity contribution in [3.8, 4) is 22.8 Å². The van der Waals surface area contributed by atoms with E-state index in [-0.39, 0.29) is 23.1 Å². The molecule has 0 atom stereocenters. The summed E-state index contributed by atoms with van der Waals surface area (Å²) >= 11 is 6.31. The summed E-state index contributed by atoms with van der Waals surface area (Å²) < 4.78 is 33.9. The molecule has 0 aliphatic carbocycles. The fourth-order valence-electron chi connectivity index (χ4n) is 3.27. The lowest BCUT2D eigenvalue weighted by molar-refractivity contribution is 0.292. The standard InChI is InChI=1S/C23H18ClF2N5O2/c1-12-9-28-18(17-4-5-27-14(3)30-17)8-20(12)31-13(2)6-21(22(24)23(31)32)33-11-19-16(26)7-15(25)10-29-19/h4-10H,11H2,1-3H3. The zero-order valence-electron chi connectivity index (χ0n) is 17.9. The van der Waals surface area contributed by atoms with Crippen LogP contribution < -0.4 is 10.3 Å². The maximum absolute atomic E-state index is 13.8. The van der Waals surface area contributed by atoms with Gasteiger partial charge in [0, 0.05) is 30.2 Å². The maximum Gasteiger partial charge on any atom is 0.277 e. The fourth-order valence-corrected chi connectivity index (χ4v) is 3.47. The van der Waals surface area contributed by atoms with Gasteiger partial charge in [0.1, 0.15) is 34.7 Å². The molecule has 0 fully saturated rings. The Bertz CT molecular complexity index is 1420. The van der Waals surface area contributed by atoms with E-state index in [0.717, 1.165) is 11.8 Å². The molecule has 7 nitrogen and oxygen atoms in total. The van der Waals surface area contributed by atoms with Crippen LogP contribution >= 0.6 is 11.6 Å². The van der Waals surface area contributed by atoms with Crippen LogP contribution in [0, 0.1) is 32.4 Å². The normalized spacial score (nSPS) is 11.0. The van der Waals surface area contributed by atoms with Gasteiger partial charge in [-0.3, -0.25) is 19.3 Å². The van der Waals surface area contributed by atoms with E-state index in [1.54, 1.807) is 44.4 Å². The van der Waals surface area contributed by atoms with Crippen LogP contribution in [0.2, 0.25) is 5.02 Å². The molecule has 4 aromatic heterocycles. The van der Waals surface area contributed by atoms with Crippen molar-refractivity contribution in [3.05, 3.63) is 92.6 Å². The van der Waals surface area contributed by atoms with Crippen LogP contribution in [0.3, 0.4) is 0 Å². The number of halogens is 3. The molecule has 0 bridgehead atoms. The zero-order chi connectivity index (χ0) is 23.7. The van der Waals surface area contributed by atoms with E-state index >= 15 is 0 Å². The van der Waals surface area contributed by atoms with Gasteiger partial charge in [-0.2, -0.15) is 0 Å². The summed E-state index contributed by atoms with van der Waals surface area (Å²) in [4.78, 5) is 29.7. The highest BCUT2D eigenvalue weighted by Gasteiger charge is 2.17. The molecule has 10 heteroatoms. The predicted molar refractivity (Wildman–Crippen MR) is 119 cm³/mol. The largest absolute Gasteiger partial charge is 0.485 e. The molecule has 0 saturated carbocycles. The summed E-state index contributed by atoms with van der Waals surface area (Å²) in [6.45, 7) is 5.00. The Balaban J connectivity index is 1.72. The SMILES string of the molecule is Cc1nccc(-c2cc(-n3c(C)cc(OCc4ncc(F)cc4F)c(Cl)c3=O)c(C)cn2)n1. The van der Waals surface area contributed by atoms with Gasteiger partial charge in [-0.15, -0.1) is 0 Å². The number of rotatable bonds is 5. The summed E-state index contributed by atoms with van der Waals surface area (Å²) in [5, 5.41) is -0.182. The Morgan fingerprint density at radius 2 is 1.82 bits per heavy atom. The van der Waals surface area contributed by atoms with E-state index in [4.69, 9.17) is 16.3 Å². The number of aryl methyl sites for hydroxylation is 3. The monoisotopic (exact) mass is 469 g/mol. The molecule has 0 N–H and O–H groups in total. The van der Waals surface area contributed by atoms with Crippen molar-refractivity contribution in [2.45, 2.75) is 27.4 Å². The summed E-state index contributed by atoms with van der Waals surface area (Å²) in [5.41, 5.74) is 2.43. The summed E-state index contributed by atoms with van der Waals surface area (Å²) in [7, 11) is 0. The van der Waals surface area contributed by atoms with E-state index < -0.39 is 17.2 Å². The summed E-state index contributed by atoms with van der Waals surface area (Å²) in [6.07, 6.45) is 4.17. The molecule has 0 aliphatic heterocycles. The van der Waals surface area contributed by atoms with E-state index in [2.05, 4.69) is 19.9 Å². The highest BCUT2D eigenvalue weighted by Crippen LogP contribution is 2.27. The first-order valence-corrected chi connectivity index (χ1v) is 10.2. The van der Waals surface area contributed by atoms with Gasteiger partial charge in [0.15, 0.2) is 5.82 Å². The third-order valence-corrected chi connectivity index (χ3v) is 5.25. The van der Waals surface area contributed by atoms with Gasteiger partial charge in [-0.05, 0) is 38.5 Å². The van der Waals surface area contributed by atoms with Crippen molar-refractivity contribution in [2.75, 3.05) is 0 Å². The quantitative estimate of drug-likeness (QED) is 0.427. The maximum atomic E-state index is 13.8. The van der Waals surface area contributed by atoms with Crippen LogP contribution in [0.15, 0.2) is 47.7 Å². The number of nitrogens with zero attached hydrogens (tertiary/aromatic N) is 5. The first-order chi connectivity index (χ1) is 15.7. The Morgan fingerprint density at radius 3 is 2.55 bits per heavy atom. The fraction of sp³-hybridized carbons (Fsp3) is 0.174. The number of pyridine rings is 3. The second-order valence-electron chi connectivity index (χ2n) is 7.32. The first-order valence-electron chi connectivity index (χ1n) is 9.86. The average Bonchev–Trinajstić information content (AvgIpc) is 2.77. The molecule has 0 spiro atoms. The lowest BCUT2D eigenvalue weighted by Gasteiger charge is -2.16. The van der Waals surface area contributed by atoms with Crippen molar-refractivity contribution >= 4 is 11.6 Å². The number of ether oxygens (including phenoxy) is 1. The van der Waals surface area contributed by atoms with Crippen LogP contribution in [0.4, 0.5) is 8.78 Å². The summed E-state index contributed by atoms with van der Waals surface area (Å²) in [6, 6.07) is 5.76. The van der Waals surface area contributed by atoms with Crippen LogP contribution in [-0.4, -0.2) is 24.5 Å². The summed E-state index contributed by atoms with van der Waals surface area (Å²) in [5.74, 6) is -0.978. The molecule has 0 amide bonds. The van der Waals surface area contributed by atoms with E-state index in [0.29, 0.717) is 34.7 Å². The first kappa shape index (κ1) is 22.5.